The maximum Gasteiger partial charge on any atom is 0.335 e. The number of aliphatic carboxylic acids is 2. The molecule has 3 aromatic rings. The molecule has 180 valence electrons. The van der Waals surface area contributed by atoms with Gasteiger partial charge in [0.25, 0.3) is 5.97 Å². The summed E-state index contributed by atoms with van der Waals surface area (Å²) in [5.41, 5.74) is 2.21. The largest absolute Gasteiger partial charge is 0.481 e. The zero-order valence-corrected chi connectivity index (χ0v) is 19.9. The topological polar surface area (TPSA) is 130 Å². The van der Waals surface area contributed by atoms with Crippen LogP contribution in [0.2, 0.25) is 0 Å². The van der Waals surface area contributed by atoms with Gasteiger partial charge in [-0.25, -0.2) is 14.6 Å². The summed E-state index contributed by atoms with van der Waals surface area (Å²) < 4.78 is 2.02. The monoisotopic (exact) mass is 484 g/mol. The first-order chi connectivity index (χ1) is 16.2. The smallest absolute Gasteiger partial charge is 0.335 e. The summed E-state index contributed by atoms with van der Waals surface area (Å²) in [6.07, 6.45) is 6.58. The summed E-state index contributed by atoms with van der Waals surface area (Å²) in [6, 6.07) is 10.6. The summed E-state index contributed by atoms with van der Waals surface area (Å²) in [5, 5.41) is 28.1. The normalized spacial score (nSPS) is 10.9. The van der Waals surface area contributed by atoms with Crippen molar-refractivity contribution in [2.45, 2.75) is 46.1 Å². The van der Waals surface area contributed by atoms with E-state index in [1.165, 1.54) is 11.3 Å². The number of hydrogen-bond donors (Lipinski definition) is 3. The average Bonchev–Trinajstić information content (AvgIpc) is 3.42. The maximum absolute atomic E-state index is 11.8. The number of nitrogens with zero attached hydrogens (tertiary/aromatic N) is 2. The molecule has 3 N–H and O–H groups in total. The summed E-state index contributed by atoms with van der Waals surface area (Å²) in [6.45, 7) is 3.69. The predicted molar refractivity (Wildman–Crippen MR) is 130 cm³/mol. The lowest BCUT2D eigenvalue weighted by molar-refractivity contribution is -0.134. The van der Waals surface area contributed by atoms with E-state index in [-0.39, 0.29) is 5.56 Å². The highest BCUT2D eigenvalue weighted by molar-refractivity contribution is 7.09. The molecule has 8 nitrogen and oxygen atoms in total. The van der Waals surface area contributed by atoms with Crippen LogP contribution in [-0.2, 0) is 29.0 Å². The van der Waals surface area contributed by atoms with Crippen molar-refractivity contribution in [1.82, 2.24) is 9.55 Å². The summed E-state index contributed by atoms with van der Waals surface area (Å²) in [4.78, 5) is 37.5. The Bertz CT molecular complexity index is 1130. The van der Waals surface area contributed by atoms with Gasteiger partial charge in [-0.15, -0.1) is 11.3 Å². The quantitative estimate of drug-likeness (QED) is 0.351. The number of carbonyl (C=O) groups is 3. The molecule has 2 aromatic heterocycles. The molecule has 0 fully saturated rings. The van der Waals surface area contributed by atoms with Crippen molar-refractivity contribution in [3.63, 3.8) is 0 Å². The number of thiophene rings is 1. The second-order valence-electron chi connectivity index (χ2n) is 7.54. The minimum absolute atomic E-state index is 0.236. The molecule has 0 aliphatic carbocycles. The van der Waals surface area contributed by atoms with Gasteiger partial charge in [-0.3, -0.25) is 4.79 Å². The van der Waals surface area contributed by atoms with Gasteiger partial charge in [0.05, 0.1) is 17.5 Å². The van der Waals surface area contributed by atoms with Crippen LogP contribution in [0.4, 0.5) is 0 Å². The van der Waals surface area contributed by atoms with Gasteiger partial charge in [0.1, 0.15) is 5.82 Å². The van der Waals surface area contributed by atoms with Gasteiger partial charge in [-0.1, -0.05) is 31.5 Å². The van der Waals surface area contributed by atoms with Gasteiger partial charge in [-0.05, 0) is 41.6 Å². The SMILES string of the molecule is CC(=O)O.CCCCc1ncc(/C=C(/Cc2cccs2)C(=O)O)n1Cc1ccc(C(=O)O)cc1. The van der Waals surface area contributed by atoms with Crippen LogP contribution in [0.5, 0.6) is 0 Å². The number of imidazole rings is 1. The molecule has 0 saturated carbocycles. The molecule has 0 aliphatic rings. The van der Waals surface area contributed by atoms with E-state index in [2.05, 4.69) is 11.9 Å². The van der Waals surface area contributed by atoms with Gasteiger partial charge in [0.15, 0.2) is 0 Å². The number of aromatic nitrogens is 2. The van der Waals surface area contributed by atoms with Crippen LogP contribution in [0, 0.1) is 0 Å². The first kappa shape index (κ1) is 26.5. The standard InChI is InChI=1S/C23H24N2O4S.C2H4O2/c1-2-3-6-21-24-14-19(12-18(23(28)29)13-20-5-4-11-30-20)25(21)15-16-7-9-17(10-8-16)22(26)27;1-2(3)4/h4-5,7-12,14H,2-3,6,13,15H2,1H3,(H,26,27)(H,28,29);1H3,(H,3,4)/b18-12-;. The molecule has 0 unspecified atom stereocenters. The molecule has 0 spiro atoms. The molecule has 0 aliphatic heterocycles. The Labute approximate surface area is 201 Å². The van der Waals surface area contributed by atoms with E-state index in [1.54, 1.807) is 36.5 Å². The van der Waals surface area contributed by atoms with Gasteiger partial charge in [0.2, 0.25) is 0 Å². The van der Waals surface area contributed by atoms with Crippen LogP contribution in [-0.4, -0.2) is 42.8 Å². The van der Waals surface area contributed by atoms with E-state index in [9.17, 15) is 14.7 Å². The lowest BCUT2D eigenvalue weighted by Crippen LogP contribution is -2.09. The molecule has 34 heavy (non-hydrogen) atoms. The lowest BCUT2D eigenvalue weighted by Gasteiger charge is -2.12. The summed E-state index contributed by atoms with van der Waals surface area (Å²) in [5.74, 6) is -1.85. The van der Waals surface area contributed by atoms with Gasteiger partial charge < -0.3 is 19.9 Å². The Kier molecular flexibility index (Phi) is 10.2. The second kappa shape index (κ2) is 13.1. The third kappa shape index (κ3) is 8.32. The Hall–Kier alpha value is -3.72. The van der Waals surface area contributed by atoms with Crippen molar-refractivity contribution >= 4 is 35.3 Å². The highest BCUT2D eigenvalue weighted by atomic mass is 32.1. The molecule has 0 amide bonds. The number of aromatic carboxylic acids is 1. The van der Waals surface area contributed by atoms with Crippen LogP contribution in [0.25, 0.3) is 6.08 Å². The van der Waals surface area contributed by atoms with E-state index in [0.717, 1.165) is 48.1 Å². The van der Waals surface area contributed by atoms with Gasteiger partial charge >= 0.3 is 11.9 Å². The van der Waals surface area contributed by atoms with Gasteiger partial charge in [-0.2, -0.15) is 0 Å². The Balaban J connectivity index is 0.000000945. The zero-order valence-electron chi connectivity index (χ0n) is 19.1. The number of carboxylic acid groups (broad SMARTS) is 3. The fraction of sp³-hybridized carbons (Fsp3) is 0.280. The van der Waals surface area contributed by atoms with E-state index in [0.29, 0.717) is 18.5 Å². The van der Waals surface area contributed by atoms with Crippen molar-refractivity contribution in [1.29, 1.82) is 0 Å². The lowest BCUT2D eigenvalue weighted by atomic mass is 10.1. The zero-order chi connectivity index (χ0) is 25.1. The third-order valence-corrected chi connectivity index (χ3v) is 5.68. The molecular weight excluding hydrogens is 456 g/mol. The Morgan fingerprint density at radius 3 is 2.29 bits per heavy atom. The molecule has 3 rings (SSSR count). The van der Waals surface area contributed by atoms with E-state index in [4.69, 9.17) is 15.0 Å². The minimum Gasteiger partial charge on any atom is -0.481 e. The molecule has 1 aromatic carbocycles. The molecule has 9 heteroatoms. The van der Waals surface area contributed by atoms with Crippen LogP contribution in [0.3, 0.4) is 0 Å². The second-order valence-corrected chi connectivity index (χ2v) is 8.57. The number of unbranched alkanes of at least 4 members (excludes halogenated alkanes) is 1. The van der Waals surface area contributed by atoms with Crippen LogP contribution < -0.4 is 0 Å². The third-order valence-electron chi connectivity index (χ3n) is 4.81. The fourth-order valence-corrected chi connectivity index (χ4v) is 3.89. The highest BCUT2D eigenvalue weighted by Crippen LogP contribution is 2.20. The van der Waals surface area contributed by atoms with E-state index < -0.39 is 17.9 Å². The van der Waals surface area contributed by atoms with Gasteiger partial charge in [0, 0.05) is 36.8 Å². The number of hydrogen-bond acceptors (Lipinski definition) is 5. The van der Waals surface area contributed by atoms with Crippen molar-refractivity contribution in [2.24, 2.45) is 0 Å². The predicted octanol–water partition coefficient (Wildman–Crippen LogP) is 4.84. The summed E-state index contributed by atoms with van der Waals surface area (Å²) >= 11 is 1.53. The van der Waals surface area contributed by atoms with E-state index >= 15 is 0 Å². The Morgan fingerprint density at radius 2 is 1.76 bits per heavy atom. The molecule has 0 saturated heterocycles. The van der Waals surface area contributed by atoms with Crippen molar-refractivity contribution in [3.8, 4) is 0 Å². The van der Waals surface area contributed by atoms with Crippen molar-refractivity contribution < 1.29 is 29.7 Å². The number of carboxylic acids is 3. The molecule has 0 radical (unpaired) electrons. The average molecular weight is 485 g/mol. The first-order valence-electron chi connectivity index (χ1n) is 10.7. The minimum atomic E-state index is -0.962. The number of benzene rings is 1. The molecular formula is C25H28N2O6S. The highest BCUT2D eigenvalue weighted by Gasteiger charge is 2.14. The van der Waals surface area contributed by atoms with Crippen LogP contribution in [0.1, 0.15) is 59.0 Å². The molecule has 0 atom stereocenters. The van der Waals surface area contributed by atoms with E-state index in [1.807, 2.05) is 22.1 Å². The molecule has 0 bridgehead atoms. The van der Waals surface area contributed by atoms with Crippen LogP contribution in [0.15, 0.2) is 53.5 Å². The maximum atomic E-state index is 11.8. The Morgan fingerprint density at radius 1 is 1.09 bits per heavy atom. The van der Waals surface area contributed by atoms with Crippen molar-refractivity contribution in [3.05, 3.63) is 81.1 Å². The first-order valence-corrected chi connectivity index (χ1v) is 11.6. The van der Waals surface area contributed by atoms with Crippen LogP contribution >= 0.6 is 11.3 Å². The fourth-order valence-electron chi connectivity index (χ4n) is 3.16. The number of rotatable bonds is 10. The summed E-state index contributed by atoms with van der Waals surface area (Å²) in [7, 11) is 0. The molecule has 2 heterocycles. The van der Waals surface area contributed by atoms with Crippen molar-refractivity contribution in [2.75, 3.05) is 0 Å². The number of aryl methyl sites for hydroxylation is 1.